The van der Waals surface area contributed by atoms with E-state index in [4.69, 9.17) is 9.47 Å². The molecule has 11 nitrogen and oxygen atoms in total. The van der Waals surface area contributed by atoms with Gasteiger partial charge >= 0.3 is 0 Å². The van der Waals surface area contributed by atoms with Crippen molar-refractivity contribution in [2.45, 2.75) is 225 Å². The van der Waals surface area contributed by atoms with E-state index in [0.29, 0.717) is 82.0 Å². The Hall–Kier alpha value is -3.16. The first kappa shape index (κ1) is 53.5. The number of aromatic nitrogens is 2. The van der Waals surface area contributed by atoms with Crippen LogP contribution in [0.4, 0.5) is 0 Å². The first-order valence-electron chi connectivity index (χ1n) is 30.4. The lowest BCUT2D eigenvalue weighted by atomic mass is 9.30. The van der Waals surface area contributed by atoms with Crippen LogP contribution in [0, 0.1) is 50.2 Å². The average molecular weight is 1040 g/mol. The maximum atomic E-state index is 15.8. The Morgan fingerprint density at radius 2 is 1.59 bits per heavy atom. The van der Waals surface area contributed by atoms with Gasteiger partial charge in [0.25, 0.3) is 0 Å². The zero-order valence-corrected chi connectivity index (χ0v) is 47.5. The summed E-state index contributed by atoms with van der Waals surface area (Å²) >= 11 is 0. The molecule has 0 bridgehead atoms. The minimum atomic E-state index is -0.872. The van der Waals surface area contributed by atoms with Gasteiger partial charge in [0.05, 0.1) is 34.9 Å². The second-order valence-corrected chi connectivity index (χ2v) is 28.6. The average Bonchev–Trinajstić information content (AvgIpc) is 3.92. The van der Waals surface area contributed by atoms with Crippen LogP contribution in [-0.2, 0) is 32.0 Å². The first-order chi connectivity index (χ1) is 36.2. The second kappa shape index (κ2) is 19.0. The van der Waals surface area contributed by atoms with Crippen LogP contribution >= 0.6 is 0 Å². The minimum absolute atomic E-state index is 0.0176. The number of nitrogens with one attached hydrogen (secondary N) is 2. The van der Waals surface area contributed by atoms with Gasteiger partial charge in [-0.05, 0) is 190 Å². The molecule has 1 aromatic carbocycles. The molecule has 2 saturated heterocycles. The molecule has 14 atom stereocenters. The van der Waals surface area contributed by atoms with Gasteiger partial charge in [-0.2, -0.15) is 0 Å². The molecule has 12 rings (SSSR count). The Labute approximate surface area is 453 Å². The molecule has 6 N–H and O–H groups in total. The lowest BCUT2D eigenvalue weighted by molar-refractivity contribution is -0.262. The number of rotatable bonds is 12. The second-order valence-electron chi connectivity index (χ2n) is 28.6. The number of allylic oxidation sites excluding steroid dienone is 1. The summed E-state index contributed by atoms with van der Waals surface area (Å²) in [7, 11) is 1.96. The molecule has 416 valence electrons. The van der Waals surface area contributed by atoms with Crippen LogP contribution in [0.3, 0.4) is 0 Å². The third kappa shape index (κ3) is 7.92. The summed E-state index contributed by atoms with van der Waals surface area (Å²) in [6, 6.07) is 7.45. The maximum Gasteiger partial charge on any atom is 0.160 e. The number of carbonyl (C=O) groups excluding carboxylic acids is 2. The summed E-state index contributed by atoms with van der Waals surface area (Å²) in [5.74, 6) is 0.564. The number of carbonyl (C=O) groups is 2. The monoisotopic (exact) mass is 1040 g/mol. The number of aromatic amines is 1. The van der Waals surface area contributed by atoms with Crippen molar-refractivity contribution in [3.05, 3.63) is 69.6 Å². The number of hydrogen-bond acceptors (Lipinski definition) is 9. The van der Waals surface area contributed by atoms with E-state index in [1.807, 2.05) is 20.9 Å². The van der Waals surface area contributed by atoms with E-state index >= 15 is 4.79 Å². The summed E-state index contributed by atoms with van der Waals surface area (Å²) in [5, 5.41) is 52.7. The van der Waals surface area contributed by atoms with Gasteiger partial charge in [-0.25, -0.2) is 0 Å². The predicted octanol–water partition coefficient (Wildman–Crippen LogP) is 10.7. The lowest BCUT2D eigenvalue weighted by Gasteiger charge is -2.74. The van der Waals surface area contributed by atoms with E-state index in [1.54, 1.807) is 0 Å². The molecule has 7 fully saturated rings. The van der Waals surface area contributed by atoms with E-state index < -0.39 is 62.3 Å². The number of fused-ring (bicyclic) bond motifs is 5. The van der Waals surface area contributed by atoms with E-state index in [2.05, 4.69) is 80.1 Å². The molecule has 1 spiro atoms. The Kier molecular flexibility index (Phi) is 13.4. The van der Waals surface area contributed by atoms with Gasteiger partial charge in [0.2, 0.25) is 0 Å². The fourth-order valence-electron chi connectivity index (χ4n) is 20.2. The zero-order valence-electron chi connectivity index (χ0n) is 47.5. The number of nitrogens with zero attached hydrogens (tertiary/aromatic N) is 1. The molecular formula is C65H93N3O8. The highest BCUT2D eigenvalue weighted by Gasteiger charge is 2.77. The van der Waals surface area contributed by atoms with Crippen LogP contribution in [0.2, 0.25) is 0 Å². The molecule has 9 aliphatic rings. The summed E-state index contributed by atoms with van der Waals surface area (Å²) in [6.45, 7) is 18.5. The Morgan fingerprint density at radius 1 is 0.882 bits per heavy atom. The SMILES string of the molecule is CNCC[C@]1(C)C(=O)C[C@]2(CC[C@H](O)C2)[C@@]2(C)[C@H]3[C@H](O)[C@@H]4Cn5cc([C@H](CCO)c6cc(C7CCCCC7)cc(C7CCOCC7)c6)c6[nH]cc(c65)CC[C@@](C)(C[C@@H](O)[C@H]5OC5(C)C)C5=C4[C@](C)(CC5=O)[C@@]3(C)CC[C@H]21. The maximum absolute atomic E-state index is 15.8. The number of ketones is 2. The summed E-state index contributed by atoms with van der Waals surface area (Å²) in [6.07, 6.45) is 17.6. The first-order valence-corrected chi connectivity index (χ1v) is 30.4. The number of epoxide rings is 1. The number of aliphatic hydroxyl groups is 4. The largest absolute Gasteiger partial charge is 0.396 e. The standard InChI is InChI=1S/C65H93N3O8/c1-59(2)58(76-59)49(72)32-60(3)20-14-40-35-67-54-46(45(17-25-69)43-29-41(38-12-10-9-11-13-38)28-42(30-43)39-18-26-75-27-19-39)36-68(55(40)54)37-47-52-53(60)48(71)33-63(52,6)62(5)21-16-50-61(4,23-24-66-8)51(73)34-65(22-15-44(70)31-65)64(50,7)57(62)56(47)74/h28-30,35-36,38-39,44-45,47,49-50,56-58,66-67,69-70,72,74H,9-27,31-34,37H2,1-8H3/t44-,45+,47+,49+,50-,56+,57-,58+,60-,61-,62-,63-,64+,65+/m0/s1. The van der Waals surface area contributed by atoms with Crippen LogP contribution in [-0.4, -0.2) is 105 Å². The molecule has 3 aliphatic heterocycles. The molecule has 5 heterocycles. The highest BCUT2D eigenvalue weighted by Crippen LogP contribution is 2.80. The fourth-order valence-corrected chi connectivity index (χ4v) is 20.2. The van der Waals surface area contributed by atoms with Crippen LogP contribution in [0.25, 0.3) is 11.0 Å². The van der Waals surface area contributed by atoms with Crippen molar-refractivity contribution in [2.75, 3.05) is 33.4 Å². The van der Waals surface area contributed by atoms with Crippen molar-refractivity contribution in [3.8, 4) is 0 Å². The van der Waals surface area contributed by atoms with E-state index in [1.165, 1.54) is 48.8 Å². The smallest absolute Gasteiger partial charge is 0.160 e. The Balaban J connectivity index is 1.05. The van der Waals surface area contributed by atoms with Gasteiger partial charge in [-0.1, -0.05) is 72.1 Å². The molecular weight excluding hydrogens is 951 g/mol. The van der Waals surface area contributed by atoms with Crippen molar-refractivity contribution < 1.29 is 39.5 Å². The van der Waals surface area contributed by atoms with Gasteiger partial charge in [0.1, 0.15) is 11.9 Å². The molecule has 0 unspecified atom stereocenters. The number of Topliss-reactive ketones (excluding diaryl/α,β-unsaturated/α-hetero) is 2. The van der Waals surface area contributed by atoms with Crippen LogP contribution in [0.5, 0.6) is 0 Å². The number of hydrogen-bond donors (Lipinski definition) is 6. The number of ether oxygens (including phenoxy) is 2. The number of benzene rings is 1. The summed E-state index contributed by atoms with van der Waals surface area (Å²) in [5.41, 5.74) is 6.57. The van der Waals surface area contributed by atoms with Gasteiger partial charge in [0.15, 0.2) is 5.78 Å². The van der Waals surface area contributed by atoms with Crippen LogP contribution < -0.4 is 5.32 Å². The molecule has 0 radical (unpaired) electrons. The van der Waals surface area contributed by atoms with Crippen molar-refractivity contribution in [1.82, 2.24) is 14.9 Å². The lowest BCUT2D eigenvalue weighted by Crippen LogP contribution is -2.72. The highest BCUT2D eigenvalue weighted by atomic mass is 16.6. The zero-order chi connectivity index (χ0) is 53.5. The third-order valence-corrected chi connectivity index (χ3v) is 24.4. The van der Waals surface area contributed by atoms with Crippen LogP contribution in [0.15, 0.2) is 41.7 Å². The third-order valence-electron chi connectivity index (χ3n) is 24.4. The van der Waals surface area contributed by atoms with Gasteiger partial charge in [-0.3, -0.25) is 9.59 Å². The number of H-pyrrole nitrogens is 1. The highest BCUT2D eigenvalue weighted by molar-refractivity contribution is 6.02. The summed E-state index contributed by atoms with van der Waals surface area (Å²) in [4.78, 5) is 34.6. The minimum Gasteiger partial charge on any atom is -0.396 e. The molecule has 0 amide bonds. The Morgan fingerprint density at radius 3 is 2.25 bits per heavy atom. The predicted molar refractivity (Wildman–Crippen MR) is 296 cm³/mol. The number of aryl methyl sites for hydroxylation is 1. The van der Waals surface area contributed by atoms with E-state index in [9.17, 15) is 25.2 Å². The molecule has 2 aromatic heterocycles. The van der Waals surface area contributed by atoms with Gasteiger partial charge in [-0.15, -0.1) is 0 Å². The van der Waals surface area contributed by atoms with Gasteiger partial charge < -0.3 is 44.8 Å². The van der Waals surface area contributed by atoms with Crippen molar-refractivity contribution in [3.63, 3.8) is 0 Å². The van der Waals surface area contributed by atoms with E-state index in [-0.39, 0.29) is 36.2 Å². The molecule has 76 heavy (non-hydrogen) atoms. The quantitative estimate of drug-likeness (QED) is 0.0967. The fraction of sp³-hybridized carbons (Fsp3) is 0.754. The van der Waals surface area contributed by atoms with Crippen molar-refractivity contribution in [2.24, 2.45) is 50.2 Å². The van der Waals surface area contributed by atoms with Gasteiger partial charge in [0, 0.05) is 85.4 Å². The van der Waals surface area contributed by atoms with Crippen LogP contribution in [0.1, 0.15) is 210 Å². The topological polar surface area (TPSA) is 170 Å². The molecule has 5 saturated carbocycles. The Bertz CT molecular complexity index is 2740. The van der Waals surface area contributed by atoms with Crippen molar-refractivity contribution >= 4 is 22.6 Å². The normalized spacial score (nSPS) is 40.3. The van der Waals surface area contributed by atoms with E-state index in [0.717, 1.165) is 85.2 Å². The molecule has 3 aromatic rings. The summed E-state index contributed by atoms with van der Waals surface area (Å²) < 4.78 is 14.5. The number of aliphatic hydroxyl groups excluding tert-OH is 4. The van der Waals surface area contributed by atoms with Crippen molar-refractivity contribution in [1.29, 1.82) is 0 Å². The molecule has 6 aliphatic carbocycles. The molecule has 11 heteroatoms.